The molecule has 160 valence electrons. The van der Waals surface area contributed by atoms with Crippen molar-refractivity contribution in [3.63, 3.8) is 0 Å². The Bertz CT molecular complexity index is 1070. The second-order valence-electron chi connectivity index (χ2n) is 7.34. The standard InChI is InChI=1S/C20H21F3N4O3/c1-19(2,30)13-10-15-12(11-27(26-15)7-4-8-28)9-16(13)25-18(29)14-5-3-6-17(24-14)20(21,22)23/h3,5-6,9-11,28,30H,4,7-8H2,1-2H3,(H,25,29). The SMILES string of the molecule is CC(C)(O)c1cc2nn(CCCO)cc2cc1NC(=O)c1cccc(C(F)(F)F)n1. The van der Waals surface area contributed by atoms with Gasteiger partial charge in [-0.15, -0.1) is 0 Å². The summed E-state index contributed by atoms with van der Waals surface area (Å²) in [5.74, 6) is -0.835. The van der Waals surface area contributed by atoms with Crippen molar-refractivity contribution >= 4 is 22.5 Å². The zero-order valence-electron chi connectivity index (χ0n) is 16.4. The molecule has 1 aromatic carbocycles. The Morgan fingerprint density at radius 2 is 1.97 bits per heavy atom. The molecule has 0 bridgehead atoms. The van der Waals surface area contributed by atoms with Crippen molar-refractivity contribution in [3.8, 4) is 0 Å². The summed E-state index contributed by atoms with van der Waals surface area (Å²) < 4.78 is 40.3. The molecule has 0 aliphatic heterocycles. The van der Waals surface area contributed by atoms with Gasteiger partial charge in [0.15, 0.2) is 0 Å². The zero-order valence-corrected chi connectivity index (χ0v) is 16.4. The number of pyridine rings is 1. The van der Waals surface area contributed by atoms with Gasteiger partial charge in [0.25, 0.3) is 5.91 Å². The van der Waals surface area contributed by atoms with Crippen LogP contribution in [0, 0.1) is 0 Å². The van der Waals surface area contributed by atoms with Gasteiger partial charge in [-0.25, -0.2) is 4.98 Å². The Morgan fingerprint density at radius 1 is 1.23 bits per heavy atom. The topological polar surface area (TPSA) is 100 Å². The maximum absolute atomic E-state index is 12.9. The van der Waals surface area contributed by atoms with Crippen LogP contribution in [0.2, 0.25) is 0 Å². The van der Waals surface area contributed by atoms with Crippen molar-refractivity contribution in [1.29, 1.82) is 0 Å². The monoisotopic (exact) mass is 422 g/mol. The number of aryl methyl sites for hydroxylation is 1. The Hall–Kier alpha value is -2.98. The number of aromatic nitrogens is 3. The average molecular weight is 422 g/mol. The van der Waals surface area contributed by atoms with Crippen LogP contribution in [0.5, 0.6) is 0 Å². The van der Waals surface area contributed by atoms with Crippen LogP contribution in [0.15, 0.2) is 36.5 Å². The Morgan fingerprint density at radius 3 is 2.60 bits per heavy atom. The number of carbonyl (C=O) groups excluding carboxylic acids is 1. The number of halogens is 3. The lowest BCUT2D eigenvalue weighted by atomic mass is 9.95. The maximum Gasteiger partial charge on any atom is 0.433 e. The van der Waals surface area contributed by atoms with Crippen molar-refractivity contribution in [2.24, 2.45) is 0 Å². The van der Waals surface area contributed by atoms with Gasteiger partial charge in [-0.1, -0.05) is 6.07 Å². The molecule has 10 heteroatoms. The number of alkyl halides is 3. The van der Waals surface area contributed by atoms with Crippen LogP contribution in [0.4, 0.5) is 18.9 Å². The summed E-state index contributed by atoms with van der Waals surface area (Å²) in [5.41, 5.74) is -1.76. The number of fused-ring (bicyclic) bond motifs is 1. The molecule has 3 N–H and O–H groups in total. The largest absolute Gasteiger partial charge is 0.433 e. The van der Waals surface area contributed by atoms with Crippen molar-refractivity contribution in [2.45, 2.75) is 38.6 Å². The fourth-order valence-electron chi connectivity index (χ4n) is 2.99. The second kappa shape index (κ2) is 8.04. The predicted molar refractivity (Wildman–Crippen MR) is 104 cm³/mol. The normalized spacial score (nSPS) is 12.4. The summed E-state index contributed by atoms with van der Waals surface area (Å²) in [7, 11) is 0. The molecule has 3 rings (SSSR count). The smallest absolute Gasteiger partial charge is 0.396 e. The first kappa shape index (κ1) is 21.7. The number of hydrogen-bond donors (Lipinski definition) is 3. The van der Waals surface area contributed by atoms with Crippen molar-refractivity contribution in [1.82, 2.24) is 14.8 Å². The first-order valence-electron chi connectivity index (χ1n) is 9.19. The number of nitrogens with zero attached hydrogens (tertiary/aromatic N) is 3. The number of rotatable bonds is 6. The number of anilines is 1. The number of aliphatic hydroxyl groups is 2. The van der Waals surface area contributed by atoms with Gasteiger partial charge in [0.1, 0.15) is 11.4 Å². The number of nitrogens with one attached hydrogen (secondary N) is 1. The highest BCUT2D eigenvalue weighted by Crippen LogP contribution is 2.32. The van der Waals surface area contributed by atoms with E-state index in [-0.39, 0.29) is 12.3 Å². The van der Waals surface area contributed by atoms with E-state index in [1.165, 1.54) is 19.9 Å². The van der Waals surface area contributed by atoms with Gasteiger partial charge in [0.05, 0.1) is 11.1 Å². The molecule has 30 heavy (non-hydrogen) atoms. The van der Waals surface area contributed by atoms with E-state index in [2.05, 4.69) is 15.4 Å². The van der Waals surface area contributed by atoms with E-state index in [1.807, 2.05) is 0 Å². The fraction of sp³-hybridized carbons (Fsp3) is 0.350. The van der Waals surface area contributed by atoms with Crippen molar-refractivity contribution in [2.75, 3.05) is 11.9 Å². The summed E-state index contributed by atoms with van der Waals surface area (Å²) in [5, 5.41) is 27.1. The molecule has 2 heterocycles. The number of hydrogen-bond acceptors (Lipinski definition) is 5. The average Bonchev–Trinajstić information content (AvgIpc) is 3.06. The van der Waals surface area contributed by atoms with Crippen LogP contribution in [0.25, 0.3) is 10.9 Å². The van der Waals surface area contributed by atoms with Gasteiger partial charge in [0, 0.05) is 36.0 Å². The van der Waals surface area contributed by atoms with E-state index in [0.29, 0.717) is 29.4 Å². The van der Waals surface area contributed by atoms with Crippen molar-refractivity contribution in [3.05, 3.63) is 53.5 Å². The Labute approximate surface area is 170 Å². The van der Waals surface area contributed by atoms with Gasteiger partial charge in [-0.2, -0.15) is 18.3 Å². The first-order valence-corrected chi connectivity index (χ1v) is 9.19. The molecule has 1 amide bonds. The number of aliphatic hydroxyl groups excluding tert-OH is 1. The molecule has 0 radical (unpaired) electrons. The predicted octanol–water partition coefficient (Wildman–Crippen LogP) is 3.31. The Kier molecular flexibility index (Phi) is 5.82. The van der Waals surface area contributed by atoms with Crippen LogP contribution >= 0.6 is 0 Å². The van der Waals surface area contributed by atoms with Crippen LogP contribution in [-0.2, 0) is 18.3 Å². The molecular weight excluding hydrogens is 401 g/mol. The lowest BCUT2D eigenvalue weighted by Crippen LogP contribution is -2.22. The van der Waals surface area contributed by atoms with Gasteiger partial charge >= 0.3 is 6.18 Å². The first-order chi connectivity index (χ1) is 14.0. The molecule has 0 spiro atoms. The van der Waals surface area contributed by atoms with E-state index in [4.69, 9.17) is 5.11 Å². The third kappa shape index (κ3) is 4.77. The van der Waals surface area contributed by atoms with E-state index in [0.717, 1.165) is 12.1 Å². The third-order valence-corrected chi connectivity index (χ3v) is 4.42. The van der Waals surface area contributed by atoms with Crippen LogP contribution < -0.4 is 5.32 Å². The molecule has 0 saturated carbocycles. The van der Waals surface area contributed by atoms with Gasteiger partial charge in [-0.3, -0.25) is 9.48 Å². The maximum atomic E-state index is 12.9. The van der Waals surface area contributed by atoms with Crippen LogP contribution in [-0.4, -0.2) is 37.5 Å². The molecule has 7 nitrogen and oxygen atoms in total. The van der Waals surface area contributed by atoms with Crippen LogP contribution in [0.1, 0.15) is 42.0 Å². The molecule has 2 aromatic heterocycles. The quantitative estimate of drug-likeness (QED) is 0.566. The lowest BCUT2D eigenvalue weighted by Gasteiger charge is -2.22. The molecule has 0 atom stereocenters. The van der Waals surface area contributed by atoms with Gasteiger partial charge < -0.3 is 15.5 Å². The molecule has 0 aliphatic rings. The lowest BCUT2D eigenvalue weighted by molar-refractivity contribution is -0.141. The fourth-order valence-corrected chi connectivity index (χ4v) is 2.99. The molecule has 3 aromatic rings. The van der Waals surface area contributed by atoms with Crippen molar-refractivity contribution < 1.29 is 28.2 Å². The zero-order chi connectivity index (χ0) is 22.1. The molecule has 0 aliphatic carbocycles. The summed E-state index contributed by atoms with van der Waals surface area (Å²) in [6.07, 6.45) is -2.44. The van der Waals surface area contributed by atoms with E-state index in [1.54, 1.807) is 23.0 Å². The molecular formula is C20H21F3N4O3. The summed E-state index contributed by atoms with van der Waals surface area (Å²) in [6, 6.07) is 6.28. The van der Waals surface area contributed by atoms with Gasteiger partial charge in [0.2, 0.25) is 0 Å². The van der Waals surface area contributed by atoms with Gasteiger partial charge in [-0.05, 0) is 44.5 Å². The second-order valence-corrected chi connectivity index (χ2v) is 7.34. The molecule has 0 fully saturated rings. The third-order valence-electron chi connectivity index (χ3n) is 4.42. The summed E-state index contributed by atoms with van der Waals surface area (Å²) in [4.78, 5) is 16.0. The minimum atomic E-state index is -4.67. The number of amides is 1. The summed E-state index contributed by atoms with van der Waals surface area (Å²) in [6.45, 7) is 3.54. The Balaban J connectivity index is 1.98. The minimum absolute atomic E-state index is 0.0103. The highest BCUT2D eigenvalue weighted by atomic mass is 19.4. The number of benzene rings is 1. The molecule has 0 unspecified atom stereocenters. The van der Waals surface area contributed by atoms with E-state index in [9.17, 15) is 23.1 Å². The number of carbonyl (C=O) groups is 1. The summed E-state index contributed by atoms with van der Waals surface area (Å²) >= 11 is 0. The van der Waals surface area contributed by atoms with Crippen LogP contribution in [0.3, 0.4) is 0 Å². The minimum Gasteiger partial charge on any atom is -0.396 e. The van der Waals surface area contributed by atoms with E-state index >= 15 is 0 Å². The van der Waals surface area contributed by atoms with E-state index < -0.39 is 29.1 Å². The highest BCUT2D eigenvalue weighted by molar-refractivity contribution is 6.04. The molecule has 0 saturated heterocycles. The highest BCUT2D eigenvalue weighted by Gasteiger charge is 2.33.